The van der Waals surface area contributed by atoms with Crippen LogP contribution in [0.5, 0.6) is 0 Å². The molecule has 2 rings (SSSR count). The van der Waals surface area contributed by atoms with Gasteiger partial charge in [-0.05, 0) is 12.1 Å². The highest BCUT2D eigenvalue weighted by molar-refractivity contribution is 5.98. The van der Waals surface area contributed by atoms with Crippen LogP contribution in [0.3, 0.4) is 0 Å². The summed E-state index contributed by atoms with van der Waals surface area (Å²) < 4.78 is 5.25. The molecule has 1 aromatic carbocycles. The number of benzene rings is 1. The van der Waals surface area contributed by atoms with Gasteiger partial charge in [0.1, 0.15) is 6.61 Å². The van der Waals surface area contributed by atoms with E-state index in [0.29, 0.717) is 5.90 Å². The standard InChI is InChI=1S/C10H10N2O3/c13-9(12-14)8-6-15-10(11-8)7-4-2-1-3-5-7/h1-5,8,14H,6H2,(H,12,13)/t8-/m0/s1. The molecule has 1 aromatic rings. The van der Waals surface area contributed by atoms with E-state index in [4.69, 9.17) is 9.94 Å². The Balaban J connectivity index is 2.17. The molecule has 0 aromatic heterocycles. The molecule has 15 heavy (non-hydrogen) atoms. The molecule has 0 bridgehead atoms. The largest absolute Gasteiger partial charge is 0.475 e. The van der Waals surface area contributed by atoms with E-state index in [9.17, 15) is 4.79 Å². The molecule has 2 N–H and O–H groups in total. The lowest BCUT2D eigenvalue weighted by atomic mass is 10.2. The monoisotopic (exact) mass is 206 g/mol. The van der Waals surface area contributed by atoms with Crippen molar-refractivity contribution in [2.75, 3.05) is 6.61 Å². The molecule has 0 aliphatic carbocycles. The maximum Gasteiger partial charge on any atom is 0.271 e. The highest BCUT2D eigenvalue weighted by Gasteiger charge is 2.25. The molecule has 0 fully saturated rings. The van der Waals surface area contributed by atoms with Gasteiger partial charge in [0.2, 0.25) is 5.90 Å². The lowest BCUT2D eigenvalue weighted by Crippen LogP contribution is -2.31. The Morgan fingerprint density at radius 2 is 2.20 bits per heavy atom. The number of carbonyl (C=O) groups excluding carboxylic acids is 1. The number of hydroxylamine groups is 1. The Morgan fingerprint density at radius 1 is 1.47 bits per heavy atom. The van der Waals surface area contributed by atoms with Crippen LogP contribution in [0.25, 0.3) is 0 Å². The fourth-order valence-electron chi connectivity index (χ4n) is 1.32. The van der Waals surface area contributed by atoms with Crippen LogP contribution in [-0.4, -0.2) is 29.7 Å². The number of nitrogens with zero attached hydrogens (tertiary/aromatic N) is 1. The summed E-state index contributed by atoms with van der Waals surface area (Å²) in [7, 11) is 0. The van der Waals surface area contributed by atoms with E-state index in [0.717, 1.165) is 5.56 Å². The maximum atomic E-state index is 11.0. The summed E-state index contributed by atoms with van der Waals surface area (Å²) in [5, 5.41) is 8.43. The quantitative estimate of drug-likeness (QED) is 0.541. The van der Waals surface area contributed by atoms with Crippen molar-refractivity contribution >= 4 is 11.8 Å². The summed E-state index contributed by atoms with van der Waals surface area (Å²) in [6.07, 6.45) is 0. The number of rotatable bonds is 2. The molecule has 0 saturated heterocycles. The predicted octanol–water partition coefficient (Wildman–Crippen LogP) is 0.337. The Bertz CT molecular complexity index is 389. The van der Waals surface area contributed by atoms with Crippen molar-refractivity contribution in [1.82, 2.24) is 5.48 Å². The van der Waals surface area contributed by atoms with Crippen molar-refractivity contribution in [2.45, 2.75) is 6.04 Å². The number of ether oxygens (including phenoxy) is 1. The molecule has 1 atom stereocenters. The second-order valence-electron chi connectivity index (χ2n) is 3.10. The van der Waals surface area contributed by atoms with Crippen LogP contribution < -0.4 is 5.48 Å². The van der Waals surface area contributed by atoms with E-state index in [2.05, 4.69) is 4.99 Å². The van der Waals surface area contributed by atoms with Crippen molar-refractivity contribution < 1.29 is 14.7 Å². The van der Waals surface area contributed by atoms with E-state index >= 15 is 0 Å². The molecular formula is C10H10N2O3. The molecule has 78 valence electrons. The molecule has 1 amide bonds. The lowest BCUT2D eigenvalue weighted by molar-refractivity contribution is -0.130. The molecule has 0 radical (unpaired) electrons. The summed E-state index contributed by atoms with van der Waals surface area (Å²) in [5.74, 6) is -0.120. The number of aliphatic imine (C=N–C) groups is 1. The van der Waals surface area contributed by atoms with Gasteiger partial charge in [0.15, 0.2) is 6.04 Å². The smallest absolute Gasteiger partial charge is 0.271 e. The van der Waals surface area contributed by atoms with Gasteiger partial charge in [-0.25, -0.2) is 10.5 Å². The SMILES string of the molecule is O=C(NO)[C@@H]1COC(c2ccccc2)=N1. The van der Waals surface area contributed by atoms with Crippen molar-refractivity contribution in [3.05, 3.63) is 35.9 Å². The van der Waals surface area contributed by atoms with Gasteiger partial charge in [-0.3, -0.25) is 10.0 Å². The number of carbonyl (C=O) groups is 1. The molecule has 1 heterocycles. The lowest BCUT2D eigenvalue weighted by Gasteiger charge is -2.00. The van der Waals surface area contributed by atoms with E-state index in [1.54, 1.807) is 5.48 Å². The minimum atomic E-state index is -0.662. The number of hydrogen-bond donors (Lipinski definition) is 2. The zero-order valence-electron chi connectivity index (χ0n) is 7.88. The van der Waals surface area contributed by atoms with Gasteiger partial charge in [0.05, 0.1) is 0 Å². The average Bonchev–Trinajstić information content (AvgIpc) is 2.78. The van der Waals surface area contributed by atoms with Gasteiger partial charge >= 0.3 is 0 Å². The van der Waals surface area contributed by atoms with Crippen LogP contribution in [0.15, 0.2) is 35.3 Å². The van der Waals surface area contributed by atoms with Gasteiger partial charge in [-0.2, -0.15) is 0 Å². The second kappa shape index (κ2) is 4.10. The van der Waals surface area contributed by atoms with E-state index < -0.39 is 11.9 Å². The van der Waals surface area contributed by atoms with Crippen LogP contribution in [-0.2, 0) is 9.53 Å². The summed E-state index contributed by atoms with van der Waals surface area (Å²) >= 11 is 0. The molecular weight excluding hydrogens is 196 g/mol. The van der Waals surface area contributed by atoms with Gasteiger partial charge in [-0.1, -0.05) is 18.2 Å². The summed E-state index contributed by atoms with van der Waals surface area (Å²) in [5.41, 5.74) is 2.38. The molecule has 1 aliphatic heterocycles. The number of nitrogens with one attached hydrogen (secondary N) is 1. The normalized spacial score (nSPS) is 19.3. The Labute approximate surface area is 86.4 Å². The molecule has 5 heteroatoms. The fourth-order valence-corrected chi connectivity index (χ4v) is 1.32. The highest BCUT2D eigenvalue weighted by Crippen LogP contribution is 2.11. The molecule has 0 spiro atoms. The minimum absolute atomic E-state index is 0.163. The third-order valence-corrected chi connectivity index (χ3v) is 2.08. The topological polar surface area (TPSA) is 70.9 Å². The van der Waals surface area contributed by atoms with Crippen LogP contribution in [0, 0.1) is 0 Å². The Hall–Kier alpha value is -1.88. The first-order valence-electron chi connectivity index (χ1n) is 4.51. The third kappa shape index (κ3) is 1.97. The van der Waals surface area contributed by atoms with Crippen LogP contribution in [0.4, 0.5) is 0 Å². The van der Waals surface area contributed by atoms with Crippen molar-refractivity contribution in [3.8, 4) is 0 Å². The maximum absolute atomic E-state index is 11.0. The zero-order valence-corrected chi connectivity index (χ0v) is 7.88. The minimum Gasteiger partial charge on any atom is -0.475 e. The van der Waals surface area contributed by atoms with Gasteiger partial charge in [0, 0.05) is 5.56 Å². The summed E-state index contributed by atoms with van der Waals surface area (Å²) in [6, 6.07) is 8.64. The number of hydrogen-bond acceptors (Lipinski definition) is 4. The zero-order chi connectivity index (χ0) is 10.7. The van der Waals surface area contributed by atoms with Crippen LogP contribution >= 0.6 is 0 Å². The Morgan fingerprint density at radius 3 is 2.87 bits per heavy atom. The first-order chi connectivity index (χ1) is 7.31. The highest BCUT2D eigenvalue weighted by atomic mass is 16.5. The van der Waals surface area contributed by atoms with E-state index in [1.807, 2.05) is 30.3 Å². The molecule has 1 aliphatic rings. The predicted molar refractivity (Wildman–Crippen MR) is 52.6 cm³/mol. The second-order valence-corrected chi connectivity index (χ2v) is 3.10. The van der Waals surface area contributed by atoms with Crippen molar-refractivity contribution in [2.24, 2.45) is 4.99 Å². The molecule has 0 unspecified atom stereocenters. The molecule has 0 saturated carbocycles. The average molecular weight is 206 g/mol. The Kier molecular flexibility index (Phi) is 2.64. The fraction of sp³-hybridized carbons (Fsp3) is 0.200. The summed E-state index contributed by atoms with van der Waals surface area (Å²) in [6.45, 7) is 0.163. The molecule has 5 nitrogen and oxygen atoms in total. The van der Waals surface area contributed by atoms with Gasteiger partial charge in [0.25, 0.3) is 5.91 Å². The van der Waals surface area contributed by atoms with Crippen LogP contribution in [0.1, 0.15) is 5.56 Å². The first-order valence-corrected chi connectivity index (χ1v) is 4.51. The van der Waals surface area contributed by atoms with Gasteiger partial charge < -0.3 is 4.74 Å². The van der Waals surface area contributed by atoms with E-state index in [-0.39, 0.29) is 6.61 Å². The van der Waals surface area contributed by atoms with Crippen molar-refractivity contribution in [1.29, 1.82) is 0 Å². The first kappa shape index (κ1) is 9.67. The third-order valence-electron chi connectivity index (χ3n) is 2.08. The summed E-state index contributed by atoms with van der Waals surface area (Å²) in [4.78, 5) is 15.1. The van der Waals surface area contributed by atoms with Crippen LogP contribution in [0.2, 0.25) is 0 Å². The van der Waals surface area contributed by atoms with Gasteiger partial charge in [-0.15, -0.1) is 0 Å². The number of amides is 1. The van der Waals surface area contributed by atoms with E-state index in [1.165, 1.54) is 0 Å². The van der Waals surface area contributed by atoms with Crippen molar-refractivity contribution in [3.63, 3.8) is 0 Å².